The van der Waals surface area contributed by atoms with Crippen molar-refractivity contribution in [1.82, 2.24) is 10.3 Å². The maximum atomic E-state index is 11.6. The number of pyridine rings is 1. The van der Waals surface area contributed by atoms with Crippen LogP contribution >= 0.6 is 0 Å². The fourth-order valence-corrected chi connectivity index (χ4v) is 3.51. The monoisotopic (exact) mass is 322 g/mol. The Balaban J connectivity index is 1.68. The first kappa shape index (κ1) is 13.8. The minimum Gasteiger partial charge on any atom is -0.489 e. The molecule has 1 aliphatic carbocycles. The maximum Gasteiger partial charge on any atom is 0.220 e. The Morgan fingerprint density at radius 1 is 1.29 bits per heavy atom. The number of rotatable bonds is 4. The Kier molecular flexibility index (Phi) is 3.01. The summed E-state index contributed by atoms with van der Waals surface area (Å²) in [6, 6.07) is 6.04. The molecule has 0 spiro atoms. The predicted molar refractivity (Wildman–Crippen MR) is 90.1 cm³/mol. The topological polar surface area (TPSA) is 64.4 Å². The van der Waals surface area contributed by atoms with E-state index in [2.05, 4.69) is 16.4 Å². The van der Waals surface area contributed by atoms with Gasteiger partial charge in [0.05, 0.1) is 12.8 Å². The van der Waals surface area contributed by atoms with Gasteiger partial charge in [0.15, 0.2) is 16.9 Å². The van der Waals surface area contributed by atoms with Crippen molar-refractivity contribution in [3.63, 3.8) is 0 Å². The van der Waals surface area contributed by atoms with E-state index in [1.165, 1.54) is 12.8 Å². The molecule has 122 valence electrons. The van der Waals surface area contributed by atoms with Crippen molar-refractivity contribution in [2.24, 2.45) is 5.92 Å². The van der Waals surface area contributed by atoms with Crippen LogP contribution in [-0.4, -0.2) is 24.0 Å². The molecular formula is C19H18N2O3. The number of ether oxygens (including phenoxy) is 1. The molecule has 1 unspecified atom stereocenters. The first-order valence-corrected chi connectivity index (χ1v) is 8.48. The molecule has 3 heterocycles. The van der Waals surface area contributed by atoms with E-state index in [0.717, 1.165) is 39.9 Å². The van der Waals surface area contributed by atoms with Crippen LogP contribution in [-0.2, 0) is 4.79 Å². The lowest BCUT2D eigenvalue weighted by molar-refractivity contribution is -0.119. The number of aromatic nitrogens is 1. The van der Waals surface area contributed by atoms with Crippen molar-refractivity contribution in [3.8, 4) is 5.75 Å². The fourth-order valence-electron chi connectivity index (χ4n) is 3.51. The minimum atomic E-state index is 0.108. The predicted octanol–water partition coefficient (Wildman–Crippen LogP) is 3.37. The van der Waals surface area contributed by atoms with Crippen molar-refractivity contribution < 1.29 is 13.9 Å². The molecular weight excluding hydrogens is 304 g/mol. The van der Waals surface area contributed by atoms with Crippen LogP contribution < -0.4 is 10.1 Å². The molecule has 0 bridgehead atoms. The van der Waals surface area contributed by atoms with Gasteiger partial charge in [-0.2, -0.15) is 0 Å². The SMILES string of the molecule is O=C1CC(c2ccc(OCC3CC3)c3oc4cnccc4c23)CN1. The second kappa shape index (κ2) is 5.23. The molecule has 3 aromatic rings. The number of carbonyl (C=O) groups excluding carboxylic acids is 1. The number of amides is 1. The first-order chi connectivity index (χ1) is 11.8. The standard InChI is InChI=1S/C19H18N2O3/c22-17-7-12(8-21-17)13-3-4-15(23-10-11-1-2-11)19-18(13)14-5-6-20-9-16(14)24-19/h3-6,9,11-12H,1-2,7-8,10H2,(H,21,22). The molecule has 1 N–H and O–H groups in total. The molecule has 2 aliphatic rings. The molecule has 1 amide bonds. The van der Waals surface area contributed by atoms with Gasteiger partial charge in [0.25, 0.3) is 0 Å². The van der Waals surface area contributed by atoms with E-state index in [1.807, 2.05) is 12.1 Å². The lowest BCUT2D eigenvalue weighted by Gasteiger charge is -2.12. The van der Waals surface area contributed by atoms with E-state index in [1.54, 1.807) is 12.4 Å². The average Bonchev–Trinajstić information content (AvgIpc) is 3.20. The van der Waals surface area contributed by atoms with Gasteiger partial charge in [-0.25, -0.2) is 0 Å². The Morgan fingerprint density at radius 2 is 2.21 bits per heavy atom. The van der Waals surface area contributed by atoms with Crippen molar-refractivity contribution >= 4 is 27.8 Å². The summed E-state index contributed by atoms with van der Waals surface area (Å²) < 4.78 is 12.1. The van der Waals surface area contributed by atoms with Gasteiger partial charge < -0.3 is 14.5 Å². The highest BCUT2D eigenvalue weighted by Gasteiger charge is 2.28. The van der Waals surface area contributed by atoms with Crippen LogP contribution in [0.5, 0.6) is 5.75 Å². The van der Waals surface area contributed by atoms with Crippen LogP contribution in [0.1, 0.15) is 30.7 Å². The summed E-state index contributed by atoms with van der Waals surface area (Å²) in [5.41, 5.74) is 2.68. The zero-order chi connectivity index (χ0) is 16.1. The smallest absolute Gasteiger partial charge is 0.220 e. The summed E-state index contributed by atoms with van der Waals surface area (Å²) in [5, 5.41) is 5.01. The quantitative estimate of drug-likeness (QED) is 0.800. The second-order valence-electron chi connectivity index (χ2n) is 6.79. The van der Waals surface area contributed by atoms with Gasteiger partial charge in [-0.3, -0.25) is 9.78 Å². The lowest BCUT2D eigenvalue weighted by atomic mass is 9.93. The number of nitrogens with one attached hydrogen (secondary N) is 1. The highest BCUT2D eigenvalue weighted by molar-refractivity contribution is 6.08. The Hall–Kier alpha value is -2.56. The molecule has 5 rings (SSSR count). The van der Waals surface area contributed by atoms with Gasteiger partial charge in [-0.05, 0) is 36.5 Å². The van der Waals surface area contributed by atoms with E-state index in [0.29, 0.717) is 18.9 Å². The number of nitrogens with zero attached hydrogens (tertiary/aromatic N) is 1. The third kappa shape index (κ3) is 2.23. The van der Waals surface area contributed by atoms with Gasteiger partial charge in [0.2, 0.25) is 5.91 Å². The highest BCUT2D eigenvalue weighted by Crippen LogP contribution is 2.41. The normalized spacial score (nSPS) is 20.7. The Bertz CT molecular complexity index is 942. The van der Waals surface area contributed by atoms with Crippen LogP contribution in [0.3, 0.4) is 0 Å². The van der Waals surface area contributed by atoms with E-state index in [9.17, 15) is 4.79 Å². The van der Waals surface area contributed by atoms with Gasteiger partial charge in [-0.1, -0.05) is 6.07 Å². The zero-order valence-corrected chi connectivity index (χ0v) is 13.2. The van der Waals surface area contributed by atoms with Crippen LogP contribution in [0.25, 0.3) is 21.9 Å². The molecule has 2 aromatic heterocycles. The summed E-state index contributed by atoms with van der Waals surface area (Å²) in [6.07, 6.45) is 6.54. The van der Waals surface area contributed by atoms with Crippen LogP contribution in [0, 0.1) is 5.92 Å². The number of furan rings is 1. The summed E-state index contributed by atoms with van der Waals surface area (Å²) in [4.78, 5) is 15.8. The van der Waals surface area contributed by atoms with Crippen molar-refractivity contribution in [1.29, 1.82) is 0 Å². The second-order valence-corrected chi connectivity index (χ2v) is 6.79. The summed E-state index contributed by atoms with van der Waals surface area (Å²) in [7, 11) is 0. The fraction of sp³-hybridized carbons (Fsp3) is 0.368. The summed E-state index contributed by atoms with van der Waals surface area (Å²) >= 11 is 0. The van der Waals surface area contributed by atoms with Gasteiger partial charge >= 0.3 is 0 Å². The Labute approximate surface area is 139 Å². The summed E-state index contributed by atoms with van der Waals surface area (Å²) in [6.45, 7) is 1.42. The Morgan fingerprint density at radius 3 is 3.00 bits per heavy atom. The molecule has 1 atom stereocenters. The molecule has 5 heteroatoms. The number of benzene rings is 1. The van der Waals surface area contributed by atoms with E-state index >= 15 is 0 Å². The van der Waals surface area contributed by atoms with E-state index in [4.69, 9.17) is 9.15 Å². The van der Waals surface area contributed by atoms with Crippen molar-refractivity contribution in [2.75, 3.05) is 13.2 Å². The first-order valence-electron chi connectivity index (χ1n) is 8.48. The molecule has 2 fully saturated rings. The number of carbonyl (C=O) groups is 1. The lowest BCUT2D eigenvalue weighted by Crippen LogP contribution is -2.13. The molecule has 5 nitrogen and oxygen atoms in total. The molecule has 1 aromatic carbocycles. The van der Waals surface area contributed by atoms with Gasteiger partial charge in [0.1, 0.15) is 0 Å². The van der Waals surface area contributed by atoms with Crippen LogP contribution in [0.2, 0.25) is 0 Å². The minimum absolute atomic E-state index is 0.108. The number of hydrogen-bond acceptors (Lipinski definition) is 4. The van der Waals surface area contributed by atoms with Crippen LogP contribution in [0.4, 0.5) is 0 Å². The third-order valence-corrected chi connectivity index (χ3v) is 5.01. The van der Waals surface area contributed by atoms with Gasteiger partial charge in [0, 0.05) is 35.9 Å². The number of hydrogen-bond donors (Lipinski definition) is 1. The van der Waals surface area contributed by atoms with E-state index < -0.39 is 0 Å². The molecule has 1 saturated heterocycles. The molecule has 1 saturated carbocycles. The highest BCUT2D eigenvalue weighted by atomic mass is 16.5. The van der Waals surface area contributed by atoms with Crippen LogP contribution in [0.15, 0.2) is 35.0 Å². The summed E-state index contributed by atoms with van der Waals surface area (Å²) in [5.74, 6) is 1.75. The average molecular weight is 322 g/mol. The molecule has 1 aliphatic heterocycles. The largest absolute Gasteiger partial charge is 0.489 e. The molecule has 0 radical (unpaired) electrons. The molecule has 24 heavy (non-hydrogen) atoms. The number of fused-ring (bicyclic) bond motifs is 3. The van der Waals surface area contributed by atoms with E-state index in [-0.39, 0.29) is 11.8 Å². The maximum absolute atomic E-state index is 11.6. The third-order valence-electron chi connectivity index (χ3n) is 5.01. The van der Waals surface area contributed by atoms with Gasteiger partial charge in [-0.15, -0.1) is 0 Å². The zero-order valence-electron chi connectivity index (χ0n) is 13.2. The van der Waals surface area contributed by atoms with Crippen molar-refractivity contribution in [3.05, 3.63) is 36.2 Å². The van der Waals surface area contributed by atoms with Crippen molar-refractivity contribution in [2.45, 2.75) is 25.2 Å².